The first-order valence-electron chi connectivity index (χ1n) is 11.5. The summed E-state index contributed by atoms with van der Waals surface area (Å²) in [6, 6.07) is 13.4. The topological polar surface area (TPSA) is 38.1 Å². The number of hydrogen-bond acceptors (Lipinski definition) is 2. The number of benzene rings is 2. The van der Waals surface area contributed by atoms with Crippen LogP contribution in [0.5, 0.6) is 0 Å². The first-order valence-corrected chi connectivity index (χ1v) is 11.5. The fourth-order valence-electron chi connectivity index (χ4n) is 4.69. The van der Waals surface area contributed by atoms with Crippen molar-refractivity contribution in [2.24, 2.45) is 5.92 Å². The Balaban J connectivity index is 1.71. The summed E-state index contributed by atoms with van der Waals surface area (Å²) in [6.45, 7) is 6.93. The van der Waals surface area contributed by atoms with Gasteiger partial charge in [-0.2, -0.15) is 0 Å². The number of carbonyl (C=O) groups is 1. The zero-order valence-electron chi connectivity index (χ0n) is 18.8. The second-order valence-corrected chi connectivity index (χ2v) is 9.22. The molecule has 4 rings (SSSR count). The molecular weight excluding hydrogens is 389 g/mol. The van der Waals surface area contributed by atoms with Gasteiger partial charge in [0.15, 0.2) is 0 Å². The molecular formula is C26H32FN3O. The minimum Gasteiger partial charge on any atom is -0.331 e. The standard InChI is InChI=1S/C26H32FN3O/c1-18(2)16-29(26(31)20-14-13-19(3)22(27)15-20)17-25-28-23-11-7-8-12-24(23)30(25)21-9-5-4-6-10-21/h7-8,11-15,18,21H,4-6,9-10,16-17H2,1-3H3. The van der Waals surface area contributed by atoms with E-state index in [1.54, 1.807) is 19.1 Å². The van der Waals surface area contributed by atoms with Crippen LogP contribution in [0.3, 0.4) is 0 Å². The van der Waals surface area contributed by atoms with Crippen molar-refractivity contribution in [3.8, 4) is 0 Å². The van der Waals surface area contributed by atoms with Crippen LogP contribution < -0.4 is 0 Å². The monoisotopic (exact) mass is 421 g/mol. The zero-order chi connectivity index (χ0) is 22.0. The number of rotatable bonds is 6. The number of aryl methyl sites for hydroxylation is 1. The second kappa shape index (κ2) is 9.21. The van der Waals surface area contributed by atoms with Crippen LogP contribution in [0.4, 0.5) is 4.39 Å². The van der Waals surface area contributed by atoms with Gasteiger partial charge in [0.1, 0.15) is 11.6 Å². The molecule has 0 N–H and O–H groups in total. The number of imidazole rings is 1. The predicted octanol–water partition coefficient (Wildman–Crippen LogP) is 6.29. The Morgan fingerprint density at radius 3 is 2.61 bits per heavy atom. The van der Waals surface area contributed by atoms with Crippen LogP contribution in [0.2, 0.25) is 0 Å². The molecule has 1 aromatic heterocycles. The van der Waals surface area contributed by atoms with Gasteiger partial charge in [0.05, 0.1) is 17.6 Å². The lowest BCUT2D eigenvalue weighted by molar-refractivity contribution is 0.0714. The van der Waals surface area contributed by atoms with E-state index in [2.05, 4.69) is 30.5 Å². The van der Waals surface area contributed by atoms with Gasteiger partial charge in [0.2, 0.25) is 0 Å². The maximum Gasteiger partial charge on any atom is 0.254 e. The van der Waals surface area contributed by atoms with Crippen molar-refractivity contribution in [1.82, 2.24) is 14.5 Å². The van der Waals surface area contributed by atoms with Gasteiger partial charge in [-0.05, 0) is 55.5 Å². The van der Waals surface area contributed by atoms with Crippen LogP contribution in [0.15, 0.2) is 42.5 Å². The van der Waals surface area contributed by atoms with Gasteiger partial charge in [-0.15, -0.1) is 0 Å². The number of carbonyl (C=O) groups excluding carboxylic acids is 1. The fourth-order valence-corrected chi connectivity index (χ4v) is 4.69. The van der Waals surface area contributed by atoms with E-state index in [-0.39, 0.29) is 11.7 Å². The maximum atomic E-state index is 14.2. The molecule has 31 heavy (non-hydrogen) atoms. The van der Waals surface area contributed by atoms with Crippen LogP contribution in [-0.4, -0.2) is 26.9 Å². The lowest BCUT2D eigenvalue weighted by Crippen LogP contribution is -2.35. The third kappa shape index (κ3) is 4.65. The van der Waals surface area contributed by atoms with Crippen molar-refractivity contribution >= 4 is 16.9 Å². The third-order valence-corrected chi connectivity index (χ3v) is 6.23. The number of nitrogens with zero attached hydrogens (tertiary/aromatic N) is 3. The van der Waals surface area contributed by atoms with Crippen molar-refractivity contribution in [2.75, 3.05) is 6.54 Å². The van der Waals surface area contributed by atoms with Crippen molar-refractivity contribution < 1.29 is 9.18 Å². The summed E-state index contributed by atoms with van der Waals surface area (Å²) in [5, 5.41) is 0. The van der Waals surface area contributed by atoms with Crippen molar-refractivity contribution in [1.29, 1.82) is 0 Å². The molecule has 0 unspecified atom stereocenters. The van der Waals surface area contributed by atoms with Crippen LogP contribution in [0.25, 0.3) is 11.0 Å². The number of halogens is 1. The highest BCUT2D eigenvalue weighted by Crippen LogP contribution is 2.33. The predicted molar refractivity (Wildman–Crippen MR) is 123 cm³/mol. The molecule has 0 spiro atoms. The van der Waals surface area contributed by atoms with E-state index in [4.69, 9.17) is 4.98 Å². The quantitative estimate of drug-likeness (QED) is 0.469. The maximum absolute atomic E-state index is 14.2. The van der Waals surface area contributed by atoms with Crippen molar-refractivity contribution in [2.45, 2.75) is 65.5 Å². The molecule has 1 aliphatic rings. The van der Waals surface area contributed by atoms with E-state index in [0.29, 0.717) is 36.2 Å². The Kier molecular flexibility index (Phi) is 6.40. The summed E-state index contributed by atoms with van der Waals surface area (Å²) in [7, 11) is 0. The Hall–Kier alpha value is -2.69. The highest BCUT2D eigenvalue weighted by Gasteiger charge is 2.25. The van der Waals surface area contributed by atoms with Gasteiger partial charge in [-0.1, -0.05) is 51.3 Å². The van der Waals surface area contributed by atoms with Crippen molar-refractivity contribution in [3.05, 3.63) is 65.2 Å². The van der Waals surface area contributed by atoms with Crippen LogP contribution in [0.1, 0.15) is 73.7 Å². The largest absolute Gasteiger partial charge is 0.331 e. The van der Waals surface area contributed by atoms with Crippen LogP contribution in [-0.2, 0) is 6.54 Å². The molecule has 5 heteroatoms. The van der Waals surface area contributed by atoms with Crippen LogP contribution in [0, 0.1) is 18.7 Å². The van der Waals surface area contributed by atoms with Gasteiger partial charge in [0, 0.05) is 18.2 Å². The number of aromatic nitrogens is 2. The second-order valence-electron chi connectivity index (χ2n) is 9.22. The van der Waals surface area contributed by atoms with Crippen LogP contribution >= 0.6 is 0 Å². The van der Waals surface area contributed by atoms with Gasteiger partial charge in [-0.3, -0.25) is 4.79 Å². The van der Waals surface area contributed by atoms with E-state index < -0.39 is 0 Å². The van der Waals surface area contributed by atoms with Gasteiger partial charge >= 0.3 is 0 Å². The molecule has 0 aliphatic heterocycles. The number of amides is 1. The summed E-state index contributed by atoms with van der Waals surface area (Å²) in [5.74, 6) is 0.737. The lowest BCUT2D eigenvalue weighted by Gasteiger charge is -2.29. The Labute approximate surface area is 184 Å². The molecule has 164 valence electrons. The average molecular weight is 422 g/mol. The SMILES string of the molecule is Cc1ccc(C(=O)N(Cc2nc3ccccc3n2C2CCCCC2)CC(C)C)cc1F. The summed E-state index contributed by atoms with van der Waals surface area (Å²) >= 11 is 0. The van der Waals surface area contributed by atoms with E-state index >= 15 is 0 Å². The van der Waals surface area contributed by atoms with Gasteiger partial charge < -0.3 is 9.47 Å². The van der Waals surface area contributed by atoms with E-state index in [0.717, 1.165) is 29.7 Å². The van der Waals surface area contributed by atoms with Gasteiger partial charge in [0.25, 0.3) is 5.91 Å². The average Bonchev–Trinajstić information content (AvgIpc) is 3.13. The lowest BCUT2D eigenvalue weighted by atomic mass is 9.95. The smallest absolute Gasteiger partial charge is 0.254 e. The molecule has 2 aromatic carbocycles. The molecule has 0 radical (unpaired) electrons. The number of fused-ring (bicyclic) bond motifs is 1. The van der Waals surface area contributed by atoms with E-state index in [1.165, 1.54) is 25.3 Å². The van der Waals surface area contributed by atoms with Gasteiger partial charge in [-0.25, -0.2) is 9.37 Å². The van der Waals surface area contributed by atoms with E-state index in [1.807, 2.05) is 17.0 Å². The molecule has 0 atom stereocenters. The molecule has 1 amide bonds. The molecule has 0 bridgehead atoms. The molecule has 1 saturated carbocycles. The normalized spacial score (nSPS) is 15.0. The summed E-state index contributed by atoms with van der Waals surface area (Å²) in [5.41, 5.74) is 3.05. The Morgan fingerprint density at radius 1 is 1.16 bits per heavy atom. The molecule has 3 aromatic rings. The number of para-hydroxylation sites is 2. The summed E-state index contributed by atoms with van der Waals surface area (Å²) < 4.78 is 16.5. The Morgan fingerprint density at radius 2 is 1.90 bits per heavy atom. The highest BCUT2D eigenvalue weighted by molar-refractivity contribution is 5.94. The molecule has 4 nitrogen and oxygen atoms in total. The molecule has 1 aliphatic carbocycles. The summed E-state index contributed by atoms with van der Waals surface area (Å²) in [4.78, 5) is 20.1. The third-order valence-electron chi connectivity index (χ3n) is 6.23. The first kappa shape index (κ1) is 21.5. The van der Waals surface area contributed by atoms with E-state index in [9.17, 15) is 9.18 Å². The fraction of sp³-hybridized carbons (Fsp3) is 0.462. The highest BCUT2D eigenvalue weighted by atomic mass is 19.1. The Bertz CT molecular complexity index is 1070. The minimum atomic E-state index is -0.343. The zero-order valence-corrected chi connectivity index (χ0v) is 18.8. The minimum absolute atomic E-state index is 0.144. The molecule has 0 saturated heterocycles. The first-order chi connectivity index (χ1) is 14.9. The van der Waals surface area contributed by atoms with Crippen molar-refractivity contribution in [3.63, 3.8) is 0 Å². The molecule has 1 heterocycles. The molecule has 1 fully saturated rings. The number of hydrogen-bond donors (Lipinski definition) is 0. The summed E-state index contributed by atoms with van der Waals surface area (Å²) in [6.07, 6.45) is 6.04.